The van der Waals surface area contributed by atoms with Crippen LogP contribution in [0.25, 0.3) is 6.08 Å². The van der Waals surface area contributed by atoms with Gasteiger partial charge in [-0.3, -0.25) is 0 Å². The number of nitrogens with two attached hydrogens (primary N) is 1. The van der Waals surface area contributed by atoms with Gasteiger partial charge in [-0.1, -0.05) is 37.1 Å². The van der Waals surface area contributed by atoms with Crippen molar-refractivity contribution in [1.82, 2.24) is 4.72 Å². The van der Waals surface area contributed by atoms with E-state index in [-0.39, 0.29) is 6.04 Å². The average molecular weight is 280 g/mol. The molecule has 0 bridgehead atoms. The van der Waals surface area contributed by atoms with E-state index in [2.05, 4.69) is 4.72 Å². The predicted octanol–water partition coefficient (Wildman–Crippen LogP) is 1.88. The first-order valence-electron chi connectivity index (χ1n) is 6.61. The van der Waals surface area contributed by atoms with Crippen LogP contribution in [0.5, 0.6) is 0 Å². The smallest absolute Gasteiger partial charge is 0.240 e. The molecule has 3 N–H and O–H groups in total. The van der Waals surface area contributed by atoms with E-state index in [1.807, 2.05) is 12.1 Å². The van der Waals surface area contributed by atoms with E-state index >= 15 is 0 Å². The third kappa shape index (κ3) is 3.89. The Morgan fingerprint density at radius 1 is 1.32 bits per heavy atom. The summed E-state index contributed by atoms with van der Waals surface area (Å²) in [5.41, 5.74) is 6.24. The van der Waals surface area contributed by atoms with Crippen LogP contribution in [0.2, 0.25) is 0 Å². The van der Waals surface area contributed by atoms with Gasteiger partial charge in [0.05, 0.1) is 4.90 Å². The number of hydrogen-bond donors (Lipinski definition) is 2. The van der Waals surface area contributed by atoms with Crippen LogP contribution in [0.15, 0.2) is 35.2 Å². The van der Waals surface area contributed by atoms with Crippen LogP contribution in [-0.4, -0.2) is 21.0 Å². The molecule has 1 fully saturated rings. The lowest BCUT2D eigenvalue weighted by molar-refractivity contribution is 0.552. The lowest BCUT2D eigenvalue weighted by Crippen LogP contribution is -2.32. The average Bonchev–Trinajstić information content (AvgIpc) is 2.89. The zero-order valence-corrected chi connectivity index (χ0v) is 11.7. The molecule has 0 atom stereocenters. The number of sulfonamides is 1. The number of nitrogens with one attached hydrogen (secondary N) is 1. The molecular weight excluding hydrogens is 260 g/mol. The molecule has 0 aromatic heterocycles. The zero-order chi connectivity index (χ0) is 13.7. The van der Waals surface area contributed by atoms with Gasteiger partial charge in [-0.15, -0.1) is 0 Å². The van der Waals surface area contributed by atoms with Crippen LogP contribution in [0, 0.1) is 0 Å². The highest BCUT2D eigenvalue weighted by Crippen LogP contribution is 2.21. The molecule has 104 valence electrons. The Hall–Kier alpha value is -1.17. The van der Waals surface area contributed by atoms with Gasteiger partial charge in [0.25, 0.3) is 0 Å². The van der Waals surface area contributed by atoms with E-state index < -0.39 is 10.0 Å². The SMILES string of the molecule is NC/C=C/c1cccc(S(=O)(=O)NC2CCCC2)c1. The summed E-state index contributed by atoms with van der Waals surface area (Å²) in [6.45, 7) is 0.442. The summed E-state index contributed by atoms with van der Waals surface area (Å²) in [6.07, 6.45) is 7.71. The maximum atomic E-state index is 12.3. The summed E-state index contributed by atoms with van der Waals surface area (Å²) < 4.78 is 27.3. The first-order valence-corrected chi connectivity index (χ1v) is 8.09. The Bertz CT molecular complexity index is 546. The number of benzene rings is 1. The molecule has 5 heteroatoms. The van der Waals surface area contributed by atoms with E-state index in [1.54, 1.807) is 24.3 Å². The summed E-state index contributed by atoms with van der Waals surface area (Å²) in [5.74, 6) is 0. The van der Waals surface area contributed by atoms with Gasteiger partial charge in [0.2, 0.25) is 10.0 Å². The highest BCUT2D eigenvalue weighted by Gasteiger charge is 2.22. The summed E-state index contributed by atoms with van der Waals surface area (Å²) in [4.78, 5) is 0.318. The molecule has 0 spiro atoms. The molecule has 0 amide bonds. The van der Waals surface area contributed by atoms with Crippen molar-refractivity contribution in [2.75, 3.05) is 6.54 Å². The molecule has 0 radical (unpaired) electrons. The second kappa shape index (κ2) is 6.32. The minimum absolute atomic E-state index is 0.0910. The molecule has 1 aliphatic rings. The summed E-state index contributed by atoms with van der Waals surface area (Å²) >= 11 is 0. The van der Waals surface area contributed by atoms with Gasteiger partial charge in [-0.25, -0.2) is 13.1 Å². The highest BCUT2D eigenvalue weighted by atomic mass is 32.2. The van der Waals surface area contributed by atoms with Crippen molar-refractivity contribution in [1.29, 1.82) is 0 Å². The normalized spacial score (nSPS) is 17.3. The van der Waals surface area contributed by atoms with Crippen molar-refractivity contribution in [2.24, 2.45) is 5.73 Å². The predicted molar refractivity (Wildman–Crippen MR) is 77.1 cm³/mol. The molecule has 1 aliphatic carbocycles. The second-order valence-electron chi connectivity index (χ2n) is 4.81. The summed E-state index contributed by atoms with van der Waals surface area (Å²) in [6, 6.07) is 6.99. The quantitative estimate of drug-likeness (QED) is 0.865. The summed E-state index contributed by atoms with van der Waals surface area (Å²) in [7, 11) is -3.41. The van der Waals surface area contributed by atoms with Gasteiger partial charge < -0.3 is 5.73 Å². The fraction of sp³-hybridized carbons (Fsp3) is 0.429. The van der Waals surface area contributed by atoms with Crippen molar-refractivity contribution >= 4 is 16.1 Å². The third-order valence-corrected chi connectivity index (χ3v) is 4.81. The van der Waals surface area contributed by atoms with E-state index in [0.29, 0.717) is 11.4 Å². The molecule has 2 rings (SSSR count). The van der Waals surface area contributed by atoms with E-state index in [4.69, 9.17) is 5.73 Å². The molecule has 1 aromatic rings. The lowest BCUT2D eigenvalue weighted by atomic mass is 10.2. The first kappa shape index (κ1) is 14.2. The molecule has 0 saturated heterocycles. The van der Waals surface area contributed by atoms with Crippen LogP contribution in [0.1, 0.15) is 31.2 Å². The Balaban J connectivity index is 2.17. The molecule has 0 heterocycles. The van der Waals surface area contributed by atoms with Gasteiger partial charge in [0, 0.05) is 12.6 Å². The molecule has 0 aliphatic heterocycles. The maximum absolute atomic E-state index is 12.3. The van der Waals surface area contributed by atoms with E-state index in [9.17, 15) is 8.42 Å². The third-order valence-electron chi connectivity index (χ3n) is 3.29. The van der Waals surface area contributed by atoms with E-state index in [1.165, 1.54) is 0 Å². The van der Waals surface area contributed by atoms with Crippen LogP contribution < -0.4 is 10.5 Å². The van der Waals surface area contributed by atoms with Crippen LogP contribution >= 0.6 is 0 Å². The topological polar surface area (TPSA) is 72.2 Å². The Kier molecular flexibility index (Phi) is 4.74. The van der Waals surface area contributed by atoms with Crippen LogP contribution in [0.3, 0.4) is 0 Å². The van der Waals surface area contributed by atoms with Gasteiger partial charge in [-0.2, -0.15) is 0 Å². The van der Waals surface area contributed by atoms with Gasteiger partial charge in [-0.05, 0) is 30.5 Å². The monoisotopic (exact) mass is 280 g/mol. The van der Waals surface area contributed by atoms with E-state index in [0.717, 1.165) is 31.2 Å². The zero-order valence-electron chi connectivity index (χ0n) is 10.9. The largest absolute Gasteiger partial charge is 0.327 e. The summed E-state index contributed by atoms with van der Waals surface area (Å²) in [5, 5.41) is 0. The Morgan fingerprint density at radius 2 is 2.05 bits per heavy atom. The molecule has 4 nitrogen and oxygen atoms in total. The number of hydrogen-bond acceptors (Lipinski definition) is 3. The molecule has 19 heavy (non-hydrogen) atoms. The van der Waals surface area contributed by atoms with Crippen molar-refractivity contribution in [3.63, 3.8) is 0 Å². The lowest BCUT2D eigenvalue weighted by Gasteiger charge is -2.12. The first-order chi connectivity index (χ1) is 9.12. The second-order valence-corrected chi connectivity index (χ2v) is 6.53. The highest BCUT2D eigenvalue weighted by molar-refractivity contribution is 7.89. The Morgan fingerprint density at radius 3 is 2.74 bits per heavy atom. The number of rotatable bonds is 5. The Labute approximate surface area is 114 Å². The molecule has 1 aromatic carbocycles. The van der Waals surface area contributed by atoms with Crippen molar-refractivity contribution in [3.05, 3.63) is 35.9 Å². The van der Waals surface area contributed by atoms with Gasteiger partial charge in [0.15, 0.2) is 0 Å². The van der Waals surface area contributed by atoms with Gasteiger partial charge >= 0.3 is 0 Å². The van der Waals surface area contributed by atoms with Crippen molar-refractivity contribution < 1.29 is 8.42 Å². The van der Waals surface area contributed by atoms with Crippen molar-refractivity contribution in [3.8, 4) is 0 Å². The fourth-order valence-corrected chi connectivity index (χ4v) is 3.68. The van der Waals surface area contributed by atoms with Crippen LogP contribution in [-0.2, 0) is 10.0 Å². The van der Waals surface area contributed by atoms with Crippen LogP contribution in [0.4, 0.5) is 0 Å². The minimum atomic E-state index is -3.41. The minimum Gasteiger partial charge on any atom is -0.327 e. The molecule has 1 saturated carbocycles. The maximum Gasteiger partial charge on any atom is 0.240 e. The standard InChI is InChI=1S/C14H20N2O2S/c15-10-4-6-12-5-3-9-14(11-12)19(17,18)16-13-7-1-2-8-13/h3-6,9,11,13,16H,1-2,7-8,10,15H2/b6-4+. The molecular formula is C14H20N2O2S. The van der Waals surface area contributed by atoms with Crippen molar-refractivity contribution in [2.45, 2.75) is 36.6 Å². The molecule has 0 unspecified atom stereocenters. The fourth-order valence-electron chi connectivity index (χ4n) is 2.32. The van der Waals surface area contributed by atoms with Gasteiger partial charge in [0.1, 0.15) is 0 Å².